The minimum Gasteiger partial charge on any atom is -0.388 e. The molecule has 0 aliphatic heterocycles. The summed E-state index contributed by atoms with van der Waals surface area (Å²) < 4.78 is 4.96. The van der Waals surface area contributed by atoms with Gasteiger partial charge in [-0.05, 0) is 19.8 Å². The van der Waals surface area contributed by atoms with E-state index in [4.69, 9.17) is 4.74 Å². The fourth-order valence-corrected chi connectivity index (χ4v) is 1.31. The average Bonchev–Trinajstić information content (AvgIpc) is 2.36. The highest BCUT2D eigenvalue weighted by atomic mass is 16.5. The van der Waals surface area contributed by atoms with Gasteiger partial charge >= 0.3 is 0 Å². The van der Waals surface area contributed by atoms with Gasteiger partial charge in [0.15, 0.2) is 5.96 Å². The minimum absolute atomic E-state index is 0.419. The molecule has 0 amide bonds. The molecule has 0 aromatic rings. The molecule has 0 spiro atoms. The lowest BCUT2D eigenvalue weighted by Gasteiger charge is -2.23. The van der Waals surface area contributed by atoms with Crippen LogP contribution in [-0.2, 0) is 4.74 Å². The van der Waals surface area contributed by atoms with Gasteiger partial charge in [-0.3, -0.25) is 4.99 Å². The van der Waals surface area contributed by atoms with Gasteiger partial charge in [0, 0.05) is 20.2 Å². The van der Waals surface area contributed by atoms with Crippen molar-refractivity contribution in [1.29, 1.82) is 0 Å². The summed E-state index contributed by atoms with van der Waals surface area (Å²) in [5.74, 6) is 0.727. The molecule has 0 rings (SSSR count). The molecule has 0 saturated heterocycles. The molecule has 0 unspecified atom stereocenters. The third kappa shape index (κ3) is 7.18. The minimum atomic E-state index is -0.691. The fraction of sp³-hybridized carbons (Fsp3) is 0.917. The van der Waals surface area contributed by atoms with Crippen molar-refractivity contribution < 1.29 is 9.84 Å². The van der Waals surface area contributed by atoms with Gasteiger partial charge in [-0.1, -0.05) is 13.8 Å². The zero-order valence-corrected chi connectivity index (χ0v) is 11.5. The summed E-state index contributed by atoms with van der Waals surface area (Å²) in [7, 11) is 1.67. The molecule has 0 atom stereocenters. The zero-order chi connectivity index (χ0) is 13.1. The monoisotopic (exact) mass is 245 g/mol. The van der Waals surface area contributed by atoms with E-state index in [9.17, 15) is 5.11 Å². The Hall–Kier alpha value is -0.810. The molecule has 5 heteroatoms. The van der Waals surface area contributed by atoms with Gasteiger partial charge in [0.1, 0.15) is 0 Å². The highest BCUT2D eigenvalue weighted by Crippen LogP contribution is 2.14. The van der Waals surface area contributed by atoms with Crippen LogP contribution < -0.4 is 10.6 Å². The predicted molar refractivity (Wildman–Crippen MR) is 71.4 cm³/mol. The van der Waals surface area contributed by atoms with E-state index in [1.54, 1.807) is 7.11 Å². The second-order valence-corrected chi connectivity index (χ2v) is 4.05. The van der Waals surface area contributed by atoms with Crippen LogP contribution in [0.1, 0.15) is 33.6 Å². The third-order valence-electron chi connectivity index (χ3n) is 2.79. The Labute approximate surface area is 105 Å². The van der Waals surface area contributed by atoms with Crippen LogP contribution in [0.25, 0.3) is 0 Å². The number of hydrogen-bond acceptors (Lipinski definition) is 3. The van der Waals surface area contributed by atoms with Crippen LogP contribution in [0.5, 0.6) is 0 Å². The van der Waals surface area contributed by atoms with E-state index in [1.165, 1.54) is 0 Å². The van der Waals surface area contributed by atoms with E-state index < -0.39 is 5.60 Å². The first-order chi connectivity index (χ1) is 8.11. The molecule has 0 aromatic carbocycles. The molecule has 5 nitrogen and oxygen atoms in total. The number of nitrogens with one attached hydrogen (secondary N) is 2. The second kappa shape index (κ2) is 9.24. The normalized spacial score (nSPS) is 12.6. The Morgan fingerprint density at radius 3 is 2.35 bits per heavy atom. The number of aliphatic imine (C=N–C) groups is 1. The maximum Gasteiger partial charge on any atom is 0.191 e. The maximum absolute atomic E-state index is 10.1. The smallest absolute Gasteiger partial charge is 0.191 e. The molecular formula is C12H27N3O2. The lowest BCUT2D eigenvalue weighted by Crippen LogP contribution is -2.41. The summed E-state index contributed by atoms with van der Waals surface area (Å²) in [6, 6.07) is 0. The molecular weight excluding hydrogens is 218 g/mol. The highest BCUT2D eigenvalue weighted by Gasteiger charge is 2.21. The van der Waals surface area contributed by atoms with Crippen LogP contribution in [0.3, 0.4) is 0 Å². The van der Waals surface area contributed by atoms with E-state index in [0.29, 0.717) is 32.5 Å². The molecule has 0 heterocycles. The summed E-state index contributed by atoms with van der Waals surface area (Å²) >= 11 is 0. The molecule has 0 saturated carbocycles. The van der Waals surface area contributed by atoms with Crippen molar-refractivity contribution in [3.05, 3.63) is 0 Å². The van der Waals surface area contributed by atoms with Crippen LogP contribution in [0, 0.1) is 0 Å². The van der Waals surface area contributed by atoms with Crippen molar-refractivity contribution in [2.75, 3.05) is 33.4 Å². The largest absolute Gasteiger partial charge is 0.388 e. The Kier molecular flexibility index (Phi) is 8.80. The van der Waals surface area contributed by atoms with E-state index in [-0.39, 0.29) is 0 Å². The topological polar surface area (TPSA) is 65.9 Å². The Bertz CT molecular complexity index is 216. The van der Waals surface area contributed by atoms with Crippen molar-refractivity contribution in [2.45, 2.75) is 39.2 Å². The number of rotatable bonds is 8. The molecule has 0 aliphatic rings. The van der Waals surface area contributed by atoms with Crippen LogP contribution >= 0.6 is 0 Å². The maximum atomic E-state index is 10.1. The van der Waals surface area contributed by atoms with Gasteiger partial charge in [-0.25, -0.2) is 0 Å². The Balaban J connectivity index is 4.26. The second-order valence-electron chi connectivity index (χ2n) is 4.05. The van der Waals surface area contributed by atoms with Gasteiger partial charge in [-0.2, -0.15) is 0 Å². The number of ether oxygens (including phenoxy) is 1. The molecule has 0 aromatic heterocycles. The van der Waals surface area contributed by atoms with Crippen LogP contribution in [0.2, 0.25) is 0 Å². The van der Waals surface area contributed by atoms with Gasteiger partial charge in [0.25, 0.3) is 0 Å². The first-order valence-corrected chi connectivity index (χ1v) is 6.35. The van der Waals surface area contributed by atoms with Gasteiger partial charge in [-0.15, -0.1) is 0 Å². The number of nitrogens with zero attached hydrogens (tertiary/aromatic N) is 1. The number of methoxy groups -OCH3 is 1. The van der Waals surface area contributed by atoms with Gasteiger partial charge in [0.2, 0.25) is 0 Å². The highest BCUT2D eigenvalue weighted by molar-refractivity contribution is 5.79. The van der Waals surface area contributed by atoms with E-state index in [1.807, 2.05) is 20.8 Å². The van der Waals surface area contributed by atoms with Crippen molar-refractivity contribution in [3.63, 3.8) is 0 Å². The first kappa shape index (κ1) is 16.2. The molecule has 3 N–H and O–H groups in total. The molecule has 17 heavy (non-hydrogen) atoms. The van der Waals surface area contributed by atoms with Crippen LogP contribution in [0.4, 0.5) is 0 Å². The molecule has 0 radical (unpaired) electrons. The van der Waals surface area contributed by atoms with E-state index >= 15 is 0 Å². The van der Waals surface area contributed by atoms with E-state index in [2.05, 4.69) is 15.6 Å². The SMILES string of the molecule is CCNC(=NCC(O)(CC)CC)NCCOC. The molecule has 102 valence electrons. The van der Waals surface area contributed by atoms with Gasteiger partial charge in [0.05, 0.1) is 18.8 Å². The molecule has 0 bridgehead atoms. The summed E-state index contributed by atoms with van der Waals surface area (Å²) in [6.45, 7) is 8.53. The number of guanidine groups is 1. The number of hydrogen-bond donors (Lipinski definition) is 3. The van der Waals surface area contributed by atoms with Crippen molar-refractivity contribution in [2.24, 2.45) is 4.99 Å². The van der Waals surface area contributed by atoms with Crippen molar-refractivity contribution in [3.8, 4) is 0 Å². The zero-order valence-electron chi connectivity index (χ0n) is 11.5. The number of aliphatic hydroxyl groups is 1. The first-order valence-electron chi connectivity index (χ1n) is 6.35. The third-order valence-corrected chi connectivity index (χ3v) is 2.79. The Morgan fingerprint density at radius 2 is 1.88 bits per heavy atom. The summed E-state index contributed by atoms with van der Waals surface area (Å²) in [4.78, 5) is 4.39. The lowest BCUT2D eigenvalue weighted by molar-refractivity contribution is 0.0418. The molecule has 0 aliphatic carbocycles. The predicted octanol–water partition coefficient (Wildman–Crippen LogP) is 0.739. The van der Waals surface area contributed by atoms with Gasteiger partial charge < -0.3 is 20.5 Å². The van der Waals surface area contributed by atoms with E-state index in [0.717, 1.165) is 12.5 Å². The van der Waals surface area contributed by atoms with Crippen molar-refractivity contribution in [1.82, 2.24) is 10.6 Å². The fourth-order valence-electron chi connectivity index (χ4n) is 1.31. The summed E-state index contributed by atoms with van der Waals surface area (Å²) in [6.07, 6.45) is 1.43. The Morgan fingerprint density at radius 1 is 1.24 bits per heavy atom. The summed E-state index contributed by atoms with van der Waals surface area (Å²) in [5.41, 5.74) is -0.691. The summed E-state index contributed by atoms with van der Waals surface area (Å²) in [5, 5.41) is 16.4. The van der Waals surface area contributed by atoms with Crippen LogP contribution in [-0.4, -0.2) is 50.0 Å². The standard InChI is InChI=1S/C12H27N3O2/c1-5-12(16,6-2)10-15-11(13-7-3)14-8-9-17-4/h16H,5-10H2,1-4H3,(H2,13,14,15). The lowest BCUT2D eigenvalue weighted by atomic mass is 9.98. The average molecular weight is 245 g/mol. The van der Waals surface area contributed by atoms with Crippen LogP contribution in [0.15, 0.2) is 4.99 Å². The quantitative estimate of drug-likeness (QED) is 0.335. The molecule has 0 fully saturated rings. The van der Waals surface area contributed by atoms with Crippen molar-refractivity contribution >= 4 is 5.96 Å².